The lowest BCUT2D eigenvalue weighted by Crippen LogP contribution is -2.37. The van der Waals surface area contributed by atoms with E-state index in [-0.39, 0.29) is 18.4 Å². The standard InChI is InChI=1S/C14H25N3O3.ClH/c1-4-19-13(18)14(2,3)17-11-12(10-16-17)20-9-7-5-6-8-15;/h10-11H,4-9,15H2,1-3H3;1H. The molecule has 0 radical (unpaired) electrons. The van der Waals surface area contributed by atoms with Gasteiger partial charge in [0, 0.05) is 0 Å². The largest absolute Gasteiger partial charge is 0.490 e. The number of esters is 1. The molecule has 1 heterocycles. The topological polar surface area (TPSA) is 79.4 Å². The molecule has 0 fully saturated rings. The van der Waals surface area contributed by atoms with Gasteiger partial charge in [0.15, 0.2) is 11.3 Å². The van der Waals surface area contributed by atoms with E-state index >= 15 is 0 Å². The number of hydrogen-bond donors (Lipinski definition) is 1. The fourth-order valence-electron chi connectivity index (χ4n) is 1.70. The summed E-state index contributed by atoms with van der Waals surface area (Å²) in [6.45, 7) is 7.02. The maximum Gasteiger partial charge on any atom is 0.333 e. The first-order valence-electron chi connectivity index (χ1n) is 7.07. The van der Waals surface area contributed by atoms with Gasteiger partial charge in [0.1, 0.15) is 0 Å². The zero-order valence-corrected chi connectivity index (χ0v) is 13.8. The Kier molecular flexibility index (Phi) is 9.05. The molecule has 0 unspecified atom stereocenters. The molecule has 0 spiro atoms. The number of unbranched alkanes of at least 4 members (excludes halogenated alkanes) is 2. The van der Waals surface area contributed by atoms with Crippen molar-refractivity contribution in [3.63, 3.8) is 0 Å². The molecule has 1 rings (SSSR count). The molecule has 0 aliphatic carbocycles. The molecule has 21 heavy (non-hydrogen) atoms. The summed E-state index contributed by atoms with van der Waals surface area (Å²) in [6.07, 6.45) is 6.37. The summed E-state index contributed by atoms with van der Waals surface area (Å²) in [7, 11) is 0. The summed E-state index contributed by atoms with van der Waals surface area (Å²) in [5, 5.41) is 4.18. The van der Waals surface area contributed by atoms with E-state index in [0.717, 1.165) is 19.3 Å². The maximum atomic E-state index is 11.9. The highest BCUT2D eigenvalue weighted by atomic mass is 35.5. The second-order valence-electron chi connectivity index (χ2n) is 5.10. The van der Waals surface area contributed by atoms with Gasteiger partial charge in [0.25, 0.3) is 0 Å². The third-order valence-electron chi connectivity index (χ3n) is 3.02. The molecular formula is C14H26ClN3O3. The van der Waals surface area contributed by atoms with Crippen molar-refractivity contribution in [2.24, 2.45) is 5.73 Å². The molecule has 1 aromatic rings. The Balaban J connectivity index is 0.00000400. The van der Waals surface area contributed by atoms with Crippen LogP contribution in [0.5, 0.6) is 5.75 Å². The number of carbonyl (C=O) groups is 1. The van der Waals surface area contributed by atoms with Crippen molar-refractivity contribution < 1.29 is 14.3 Å². The highest BCUT2D eigenvalue weighted by Gasteiger charge is 2.32. The number of aromatic nitrogens is 2. The quantitative estimate of drug-likeness (QED) is 0.557. The lowest BCUT2D eigenvalue weighted by Gasteiger charge is -2.22. The molecule has 1 aromatic heterocycles. The van der Waals surface area contributed by atoms with Crippen LogP contribution in [-0.2, 0) is 15.1 Å². The zero-order chi connectivity index (χ0) is 15.0. The minimum absolute atomic E-state index is 0. The van der Waals surface area contributed by atoms with Gasteiger partial charge in [-0.05, 0) is 46.6 Å². The van der Waals surface area contributed by atoms with Gasteiger partial charge in [-0.25, -0.2) is 4.79 Å². The Hall–Kier alpha value is -1.27. The van der Waals surface area contributed by atoms with E-state index in [1.54, 1.807) is 37.8 Å². The van der Waals surface area contributed by atoms with E-state index in [0.29, 0.717) is 25.5 Å². The molecule has 6 nitrogen and oxygen atoms in total. The van der Waals surface area contributed by atoms with Crippen molar-refractivity contribution in [2.75, 3.05) is 19.8 Å². The molecule has 0 atom stereocenters. The Bertz CT molecular complexity index is 421. The van der Waals surface area contributed by atoms with E-state index in [1.807, 2.05) is 0 Å². The third-order valence-corrected chi connectivity index (χ3v) is 3.02. The molecule has 0 aromatic carbocycles. The first-order valence-corrected chi connectivity index (χ1v) is 7.07. The number of rotatable bonds is 9. The molecule has 0 aliphatic rings. The van der Waals surface area contributed by atoms with E-state index < -0.39 is 5.54 Å². The van der Waals surface area contributed by atoms with Crippen LogP contribution in [0.25, 0.3) is 0 Å². The van der Waals surface area contributed by atoms with Gasteiger partial charge in [-0.1, -0.05) is 0 Å². The van der Waals surface area contributed by atoms with Gasteiger partial charge in [-0.2, -0.15) is 5.10 Å². The average Bonchev–Trinajstić information content (AvgIpc) is 2.88. The minimum atomic E-state index is -0.836. The highest BCUT2D eigenvalue weighted by molar-refractivity contribution is 5.85. The van der Waals surface area contributed by atoms with E-state index in [2.05, 4.69) is 5.10 Å². The Morgan fingerprint density at radius 3 is 2.71 bits per heavy atom. The van der Waals surface area contributed by atoms with Crippen LogP contribution in [-0.4, -0.2) is 35.5 Å². The van der Waals surface area contributed by atoms with Crippen LogP contribution in [0.4, 0.5) is 0 Å². The Morgan fingerprint density at radius 2 is 2.10 bits per heavy atom. The van der Waals surface area contributed by atoms with Crippen LogP contribution in [0.1, 0.15) is 40.0 Å². The molecular weight excluding hydrogens is 294 g/mol. The summed E-state index contributed by atoms with van der Waals surface area (Å²) in [4.78, 5) is 11.9. The van der Waals surface area contributed by atoms with E-state index in [9.17, 15) is 4.79 Å². The molecule has 0 bridgehead atoms. The summed E-state index contributed by atoms with van der Waals surface area (Å²) in [5.41, 5.74) is 4.59. The third kappa shape index (κ3) is 5.93. The first-order chi connectivity index (χ1) is 9.52. The molecule has 0 saturated carbocycles. The maximum absolute atomic E-state index is 11.9. The summed E-state index contributed by atoms with van der Waals surface area (Å²) in [6, 6.07) is 0. The van der Waals surface area contributed by atoms with Gasteiger partial charge in [-0.3, -0.25) is 4.68 Å². The van der Waals surface area contributed by atoms with Crippen molar-refractivity contribution in [3.05, 3.63) is 12.4 Å². The monoisotopic (exact) mass is 319 g/mol. The molecule has 0 aliphatic heterocycles. The average molecular weight is 320 g/mol. The summed E-state index contributed by atoms with van der Waals surface area (Å²) < 4.78 is 12.2. The van der Waals surface area contributed by atoms with Crippen LogP contribution in [0.2, 0.25) is 0 Å². The number of hydrogen-bond acceptors (Lipinski definition) is 5. The Labute approximate surface area is 132 Å². The zero-order valence-electron chi connectivity index (χ0n) is 13.0. The smallest absolute Gasteiger partial charge is 0.333 e. The van der Waals surface area contributed by atoms with Crippen LogP contribution >= 0.6 is 12.4 Å². The van der Waals surface area contributed by atoms with Crippen LogP contribution in [0, 0.1) is 0 Å². The van der Waals surface area contributed by atoms with Gasteiger partial charge in [-0.15, -0.1) is 12.4 Å². The van der Waals surface area contributed by atoms with Crippen molar-refractivity contribution in [3.8, 4) is 5.75 Å². The summed E-state index contributed by atoms with van der Waals surface area (Å²) >= 11 is 0. The first kappa shape index (κ1) is 19.7. The summed E-state index contributed by atoms with van der Waals surface area (Å²) in [5.74, 6) is 0.354. The Morgan fingerprint density at radius 1 is 1.38 bits per heavy atom. The van der Waals surface area contributed by atoms with Crippen molar-refractivity contribution in [1.29, 1.82) is 0 Å². The predicted molar refractivity (Wildman–Crippen MR) is 83.8 cm³/mol. The van der Waals surface area contributed by atoms with E-state index in [1.165, 1.54) is 0 Å². The molecule has 0 saturated heterocycles. The van der Waals surface area contributed by atoms with Gasteiger partial charge >= 0.3 is 5.97 Å². The lowest BCUT2D eigenvalue weighted by molar-refractivity contribution is -0.152. The molecule has 0 amide bonds. The second kappa shape index (κ2) is 9.63. The SMILES string of the molecule is CCOC(=O)C(C)(C)n1cc(OCCCCCN)cn1.Cl. The van der Waals surface area contributed by atoms with Crippen LogP contribution < -0.4 is 10.5 Å². The van der Waals surface area contributed by atoms with Gasteiger partial charge in [0.05, 0.1) is 25.6 Å². The number of nitrogens with two attached hydrogens (primary N) is 1. The van der Waals surface area contributed by atoms with Crippen molar-refractivity contribution in [2.45, 2.75) is 45.6 Å². The number of ether oxygens (including phenoxy) is 2. The van der Waals surface area contributed by atoms with Crippen molar-refractivity contribution in [1.82, 2.24) is 9.78 Å². The van der Waals surface area contributed by atoms with Crippen molar-refractivity contribution >= 4 is 18.4 Å². The highest BCUT2D eigenvalue weighted by Crippen LogP contribution is 2.20. The van der Waals surface area contributed by atoms with Crippen LogP contribution in [0.3, 0.4) is 0 Å². The fourth-order valence-corrected chi connectivity index (χ4v) is 1.70. The predicted octanol–water partition coefficient (Wildman–Crippen LogP) is 2.11. The molecule has 2 N–H and O–H groups in total. The molecule has 122 valence electrons. The lowest BCUT2D eigenvalue weighted by atomic mass is 10.1. The normalized spacial score (nSPS) is 10.9. The number of halogens is 1. The van der Waals surface area contributed by atoms with Gasteiger partial charge in [0.2, 0.25) is 0 Å². The van der Waals surface area contributed by atoms with Crippen LogP contribution in [0.15, 0.2) is 12.4 Å². The number of nitrogens with zero attached hydrogens (tertiary/aromatic N) is 2. The number of carbonyl (C=O) groups excluding carboxylic acids is 1. The minimum Gasteiger partial charge on any atom is -0.490 e. The van der Waals surface area contributed by atoms with Gasteiger partial charge < -0.3 is 15.2 Å². The van der Waals surface area contributed by atoms with E-state index in [4.69, 9.17) is 15.2 Å². The fraction of sp³-hybridized carbons (Fsp3) is 0.714. The molecule has 7 heteroatoms. The second-order valence-corrected chi connectivity index (χ2v) is 5.10.